The largest absolute Gasteiger partial charge is 0.573 e. The lowest BCUT2D eigenvalue weighted by molar-refractivity contribution is -0.274. The average Bonchev–Trinajstić information content (AvgIpc) is 3.62. The van der Waals surface area contributed by atoms with Crippen LogP contribution in [0, 0.1) is 6.92 Å². The first-order valence-corrected chi connectivity index (χ1v) is 14.8. The lowest BCUT2D eigenvalue weighted by Gasteiger charge is -2.23. The molecule has 1 N–H and O–H groups in total. The fourth-order valence-corrected chi connectivity index (χ4v) is 5.44. The molecule has 0 bridgehead atoms. The van der Waals surface area contributed by atoms with Gasteiger partial charge in [-0.2, -0.15) is 10.1 Å². The molecule has 14 heteroatoms. The molecule has 5 rings (SSSR count). The van der Waals surface area contributed by atoms with Crippen molar-refractivity contribution in [2.24, 2.45) is 4.99 Å². The first-order valence-electron chi connectivity index (χ1n) is 13.8. The van der Waals surface area contributed by atoms with Crippen molar-refractivity contribution in [3.05, 3.63) is 95.6 Å². The Morgan fingerprint density at radius 2 is 1.82 bits per heavy atom. The second-order valence-corrected chi connectivity index (χ2v) is 11.1. The number of ether oxygens (including phenoxy) is 2. The Morgan fingerprint density at radius 1 is 1.09 bits per heavy atom. The summed E-state index contributed by atoms with van der Waals surface area (Å²) < 4.78 is 48.0. The maximum Gasteiger partial charge on any atom is 0.573 e. The topological polar surface area (TPSA) is 111 Å². The van der Waals surface area contributed by atoms with Crippen molar-refractivity contribution in [2.45, 2.75) is 39.2 Å². The SMILES string of the molecule is COC(C)c1ccc(C)cc1N1C(=O)CSC1=NC(=O)Nc1ccc(CCc2ncn(-c3ccc(OC(F)(F)F)cc3)n2)cc1. The van der Waals surface area contributed by atoms with Crippen LogP contribution in [-0.4, -0.2) is 51.1 Å². The summed E-state index contributed by atoms with van der Waals surface area (Å²) >= 11 is 1.20. The number of carbonyl (C=O) groups excluding carboxylic acids is 2. The summed E-state index contributed by atoms with van der Waals surface area (Å²) in [5.74, 6) is 0.246. The average molecular weight is 639 g/mol. The number of nitrogens with one attached hydrogen (secondary N) is 1. The molecule has 1 fully saturated rings. The number of nitrogens with zero attached hydrogens (tertiary/aromatic N) is 5. The van der Waals surface area contributed by atoms with Crippen LogP contribution in [0.4, 0.5) is 29.3 Å². The van der Waals surface area contributed by atoms with E-state index in [0.717, 1.165) is 16.7 Å². The van der Waals surface area contributed by atoms with Gasteiger partial charge < -0.3 is 14.8 Å². The number of halogens is 3. The minimum absolute atomic E-state index is 0.168. The van der Waals surface area contributed by atoms with Gasteiger partial charge in [0.15, 0.2) is 11.0 Å². The number of amidine groups is 1. The van der Waals surface area contributed by atoms with Gasteiger partial charge in [0.2, 0.25) is 5.91 Å². The Hall–Kier alpha value is -4.69. The lowest BCUT2D eigenvalue weighted by Crippen LogP contribution is -2.31. The van der Waals surface area contributed by atoms with E-state index in [-0.39, 0.29) is 23.5 Å². The van der Waals surface area contributed by atoms with E-state index in [1.54, 1.807) is 19.2 Å². The lowest BCUT2D eigenvalue weighted by atomic mass is 10.0. The Kier molecular flexibility index (Phi) is 9.54. The van der Waals surface area contributed by atoms with E-state index in [4.69, 9.17) is 4.74 Å². The first-order chi connectivity index (χ1) is 21.5. The number of aryl methyl sites for hydroxylation is 3. The van der Waals surface area contributed by atoms with Gasteiger partial charge in [-0.15, -0.1) is 13.2 Å². The van der Waals surface area contributed by atoms with E-state index in [1.165, 1.54) is 51.9 Å². The minimum Gasteiger partial charge on any atom is -0.406 e. The van der Waals surface area contributed by atoms with Gasteiger partial charge in [-0.3, -0.25) is 9.69 Å². The zero-order chi connectivity index (χ0) is 32.1. The van der Waals surface area contributed by atoms with Crippen molar-refractivity contribution in [3.8, 4) is 11.4 Å². The molecule has 234 valence electrons. The van der Waals surface area contributed by atoms with Crippen LogP contribution < -0.4 is 15.0 Å². The number of aromatic nitrogens is 3. The number of urea groups is 1. The molecule has 10 nitrogen and oxygen atoms in total. The summed E-state index contributed by atoms with van der Waals surface area (Å²) in [6.07, 6.45) is -2.39. The number of amides is 3. The number of anilines is 2. The van der Waals surface area contributed by atoms with Crippen LogP contribution >= 0.6 is 11.8 Å². The van der Waals surface area contributed by atoms with Gasteiger partial charge >= 0.3 is 12.4 Å². The van der Waals surface area contributed by atoms with Gasteiger partial charge in [0.05, 0.1) is 23.2 Å². The normalized spacial score (nSPS) is 15.0. The van der Waals surface area contributed by atoms with Crippen LogP contribution in [0.3, 0.4) is 0 Å². The van der Waals surface area contributed by atoms with Crippen LogP contribution in [0.1, 0.15) is 35.5 Å². The highest BCUT2D eigenvalue weighted by atomic mass is 32.2. The third-order valence-corrected chi connectivity index (χ3v) is 7.82. The Balaban J connectivity index is 1.18. The van der Waals surface area contributed by atoms with Crippen LogP contribution in [0.5, 0.6) is 5.75 Å². The molecule has 0 saturated carbocycles. The van der Waals surface area contributed by atoms with E-state index in [1.807, 2.05) is 44.2 Å². The first kappa shape index (κ1) is 31.7. The summed E-state index contributed by atoms with van der Waals surface area (Å²) in [4.78, 5) is 35.6. The van der Waals surface area contributed by atoms with Crippen molar-refractivity contribution < 1.29 is 32.2 Å². The maximum absolute atomic E-state index is 12.8. The molecule has 1 saturated heterocycles. The Labute approximate surface area is 261 Å². The number of hydrogen-bond acceptors (Lipinski definition) is 7. The molecule has 0 spiro atoms. The fraction of sp³-hybridized carbons (Fsp3) is 0.258. The molecular formula is C31H29F3N6O4S. The highest BCUT2D eigenvalue weighted by Crippen LogP contribution is 2.34. The molecular weight excluding hydrogens is 609 g/mol. The summed E-state index contributed by atoms with van der Waals surface area (Å²) in [5.41, 5.74) is 4.48. The van der Waals surface area contributed by atoms with Gasteiger partial charge in [0.25, 0.3) is 0 Å². The standard InChI is InChI=1S/C31H29F3N6O4S/c1-19-4-14-25(20(2)43-3)26(16-19)40-28(41)17-45-30(40)37-29(42)36-22-8-5-21(6-9-22)7-15-27-35-18-39(38-27)23-10-12-24(13-11-23)44-31(32,33)34/h4-6,8-14,16,18,20H,7,15,17H2,1-3H3,(H,36,42). The monoisotopic (exact) mass is 638 g/mol. The molecule has 0 aliphatic carbocycles. The fourth-order valence-electron chi connectivity index (χ4n) is 4.59. The van der Waals surface area contributed by atoms with Crippen molar-refractivity contribution in [3.63, 3.8) is 0 Å². The zero-order valence-electron chi connectivity index (χ0n) is 24.5. The highest BCUT2D eigenvalue weighted by molar-refractivity contribution is 8.15. The molecule has 3 aromatic carbocycles. The Morgan fingerprint density at radius 3 is 2.51 bits per heavy atom. The predicted molar refractivity (Wildman–Crippen MR) is 165 cm³/mol. The van der Waals surface area contributed by atoms with Gasteiger partial charge in [-0.1, -0.05) is 36.0 Å². The third kappa shape index (κ3) is 8.08. The van der Waals surface area contributed by atoms with Crippen LogP contribution in [-0.2, 0) is 22.4 Å². The summed E-state index contributed by atoms with van der Waals surface area (Å²) in [6.45, 7) is 3.82. The van der Waals surface area contributed by atoms with Gasteiger partial charge in [0, 0.05) is 24.8 Å². The maximum atomic E-state index is 12.8. The number of thioether (sulfide) groups is 1. The number of alkyl halides is 3. The van der Waals surface area contributed by atoms with E-state index in [9.17, 15) is 22.8 Å². The molecule has 3 amide bonds. The van der Waals surface area contributed by atoms with E-state index < -0.39 is 12.4 Å². The minimum atomic E-state index is -4.76. The summed E-state index contributed by atoms with van der Waals surface area (Å²) in [6, 6.07) is 17.7. The van der Waals surface area contributed by atoms with Crippen LogP contribution in [0.15, 0.2) is 78.0 Å². The van der Waals surface area contributed by atoms with E-state index in [0.29, 0.717) is 40.9 Å². The zero-order valence-corrected chi connectivity index (χ0v) is 25.4. The molecule has 1 aliphatic rings. The molecule has 1 aromatic heterocycles. The number of benzene rings is 3. The van der Waals surface area contributed by atoms with Crippen molar-refractivity contribution >= 4 is 40.2 Å². The number of rotatable bonds is 9. The predicted octanol–water partition coefficient (Wildman–Crippen LogP) is 6.63. The number of carbonyl (C=O) groups is 2. The van der Waals surface area contributed by atoms with E-state index >= 15 is 0 Å². The number of methoxy groups -OCH3 is 1. The van der Waals surface area contributed by atoms with Crippen LogP contribution in [0.25, 0.3) is 5.69 Å². The molecule has 0 radical (unpaired) electrons. The quantitative estimate of drug-likeness (QED) is 0.219. The van der Waals surface area contributed by atoms with Gasteiger partial charge in [-0.05, 0) is 73.9 Å². The molecule has 1 unspecified atom stereocenters. The Bertz CT molecular complexity index is 1710. The molecule has 2 heterocycles. The van der Waals surface area contributed by atoms with E-state index in [2.05, 4.69) is 25.1 Å². The van der Waals surface area contributed by atoms with Crippen molar-refractivity contribution in [1.29, 1.82) is 0 Å². The summed E-state index contributed by atoms with van der Waals surface area (Å²) in [5, 5.41) is 7.44. The molecule has 45 heavy (non-hydrogen) atoms. The van der Waals surface area contributed by atoms with Crippen molar-refractivity contribution in [1.82, 2.24) is 14.8 Å². The van der Waals surface area contributed by atoms with Gasteiger partial charge in [-0.25, -0.2) is 14.5 Å². The number of aliphatic imine (C=N–C) groups is 1. The third-order valence-electron chi connectivity index (χ3n) is 6.90. The van der Waals surface area contributed by atoms with Crippen LogP contribution in [0.2, 0.25) is 0 Å². The molecule has 4 aromatic rings. The smallest absolute Gasteiger partial charge is 0.406 e. The molecule has 1 atom stereocenters. The van der Waals surface area contributed by atoms with Crippen molar-refractivity contribution in [2.75, 3.05) is 23.1 Å². The second-order valence-electron chi connectivity index (χ2n) is 10.1. The summed E-state index contributed by atoms with van der Waals surface area (Å²) in [7, 11) is 1.60. The molecule has 1 aliphatic heterocycles. The second kappa shape index (κ2) is 13.5. The number of hydrogen-bond donors (Lipinski definition) is 1. The highest BCUT2D eigenvalue weighted by Gasteiger charge is 2.33. The van der Waals surface area contributed by atoms with Gasteiger partial charge in [0.1, 0.15) is 12.1 Å².